The zero-order valence-corrected chi connectivity index (χ0v) is 11.0. The first-order chi connectivity index (χ1) is 9.08. The Morgan fingerprint density at radius 2 is 2.37 bits per heavy atom. The van der Waals surface area contributed by atoms with Gasteiger partial charge in [-0.3, -0.25) is 9.48 Å². The SMILES string of the molecule is COc1ccc(Cl)cc1NC(=O)Cn1cc(N)cn1. The summed E-state index contributed by atoms with van der Waals surface area (Å²) in [6, 6.07) is 4.99. The highest BCUT2D eigenvalue weighted by atomic mass is 35.5. The quantitative estimate of drug-likeness (QED) is 0.894. The van der Waals surface area contributed by atoms with Crippen molar-refractivity contribution in [2.24, 2.45) is 0 Å². The van der Waals surface area contributed by atoms with E-state index in [0.717, 1.165) is 0 Å². The lowest BCUT2D eigenvalue weighted by Gasteiger charge is -2.10. The molecule has 0 saturated carbocycles. The fraction of sp³-hybridized carbons (Fsp3) is 0.167. The van der Waals surface area contributed by atoms with Crippen LogP contribution in [0.5, 0.6) is 5.75 Å². The molecule has 100 valence electrons. The van der Waals surface area contributed by atoms with Gasteiger partial charge in [-0.25, -0.2) is 0 Å². The molecule has 1 aromatic heterocycles. The number of nitrogens with one attached hydrogen (secondary N) is 1. The average molecular weight is 281 g/mol. The molecule has 1 aromatic carbocycles. The van der Waals surface area contributed by atoms with Crippen LogP contribution >= 0.6 is 11.6 Å². The lowest BCUT2D eigenvalue weighted by Crippen LogP contribution is -2.19. The third-order valence-electron chi connectivity index (χ3n) is 2.39. The van der Waals surface area contributed by atoms with Crippen LogP contribution in [0, 0.1) is 0 Å². The highest BCUT2D eigenvalue weighted by molar-refractivity contribution is 6.31. The van der Waals surface area contributed by atoms with Crippen LogP contribution in [0.3, 0.4) is 0 Å². The maximum atomic E-state index is 11.9. The second-order valence-electron chi connectivity index (χ2n) is 3.86. The molecule has 1 amide bonds. The predicted octanol–water partition coefficient (Wildman–Crippen LogP) is 1.77. The number of carbonyl (C=O) groups is 1. The van der Waals surface area contributed by atoms with Crippen molar-refractivity contribution < 1.29 is 9.53 Å². The number of carbonyl (C=O) groups excluding carboxylic acids is 1. The van der Waals surface area contributed by atoms with Crippen LogP contribution in [0.15, 0.2) is 30.6 Å². The highest BCUT2D eigenvalue weighted by Gasteiger charge is 2.09. The number of benzene rings is 1. The van der Waals surface area contributed by atoms with Crippen molar-refractivity contribution in [3.05, 3.63) is 35.6 Å². The molecule has 0 unspecified atom stereocenters. The van der Waals surface area contributed by atoms with Crippen molar-refractivity contribution in [2.45, 2.75) is 6.54 Å². The summed E-state index contributed by atoms with van der Waals surface area (Å²) in [6.07, 6.45) is 3.06. The predicted molar refractivity (Wildman–Crippen MR) is 73.3 cm³/mol. The Kier molecular flexibility index (Phi) is 3.91. The molecule has 0 aliphatic carbocycles. The van der Waals surface area contributed by atoms with Crippen LogP contribution in [0.25, 0.3) is 0 Å². The number of nitrogen functional groups attached to an aromatic ring is 1. The Hall–Kier alpha value is -2.21. The molecule has 0 spiro atoms. The lowest BCUT2D eigenvalue weighted by molar-refractivity contribution is -0.116. The number of nitrogens with two attached hydrogens (primary N) is 1. The van der Waals surface area contributed by atoms with Gasteiger partial charge in [-0.2, -0.15) is 5.10 Å². The molecule has 1 heterocycles. The van der Waals surface area contributed by atoms with Crippen molar-refractivity contribution >= 4 is 28.9 Å². The molecule has 0 fully saturated rings. The van der Waals surface area contributed by atoms with Gasteiger partial charge in [0.25, 0.3) is 0 Å². The second-order valence-corrected chi connectivity index (χ2v) is 4.30. The van der Waals surface area contributed by atoms with Gasteiger partial charge in [0.05, 0.1) is 24.7 Å². The average Bonchev–Trinajstić information content (AvgIpc) is 2.75. The van der Waals surface area contributed by atoms with Gasteiger partial charge in [0.15, 0.2) is 0 Å². The van der Waals surface area contributed by atoms with Crippen molar-refractivity contribution in [1.82, 2.24) is 9.78 Å². The smallest absolute Gasteiger partial charge is 0.246 e. The first kappa shape index (κ1) is 13.2. The summed E-state index contributed by atoms with van der Waals surface area (Å²) in [7, 11) is 1.52. The standard InChI is InChI=1S/C12H13ClN4O2/c1-19-11-3-2-8(13)4-10(11)16-12(18)7-17-6-9(14)5-15-17/h2-6H,7,14H2,1H3,(H,16,18). The van der Waals surface area contributed by atoms with Gasteiger partial charge in [0.2, 0.25) is 5.91 Å². The molecule has 0 bridgehead atoms. The first-order valence-electron chi connectivity index (χ1n) is 5.50. The van der Waals surface area contributed by atoms with Gasteiger partial charge >= 0.3 is 0 Å². The van der Waals surface area contributed by atoms with Gasteiger partial charge in [-0.1, -0.05) is 11.6 Å². The third kappa shape index (κ3) is 3.38. The molecule has 19 heavy (non-hydrogen) atoms. The zero-order chi connectivity index (χ0) is 13.8. The molecule has 6 nitrogen and oxygen atoms in total. The van der Waals surface area contributed by atoms with Crippen LogP contribution in [-0.2, 0) is 11.3 Å². The minimum atomic E-state index is -0.247. The Bertz CT molecular complexity index is 597. The van der Waals surface area contributed by atoms with E-state index in [-0.39, 0.29) is 12.5 Å². The van der Waals surface area contributed by atoms with E-state index in [1.165, 1.54) is 18.0 Å². The molecular weight excluding hydrogens is 268 g/mol. The van der Waals surface area contributed by atoms with Crippen LogP contribution in [0.4, 0.5) is 11.4 Å². The summed E-state index contributed by atoms with van der Waals surface area (Å²) in [6.45, 7) is 0.0624. The van der Waals surface area contributed by atoms with E-state index in [1.807, 2.05) is 0 Å². The number of hydrogen-bond acceptors (Lipinski definition) is 4. The van der Waals surface area contributed by atoms with Gasteiger partial charge in [-0.15, -0.1) is 0 Å². The Morgan fingerprint density at radius 1 is 1.58 bits per heavy atom. The second kappa shape index (κ2) is 5.62. The minimum absolute atomic E-state index is 0.0624. The van der Waals surface area contributed by atoms with E-state index in [9.17, 15) is 4.79 Å². The summed E-state index contributed by atoms with van der Waals surface area (Å²) in [5.41, 5.74) is 6.54. The van der Waals surface area contributed by atoms with Crippen LogP contribution in [0.1, 0.15) is 0 Å². The van der Waals surface area contributed by atoms with E-state index in [4.69, 9.17) is 22.1 Å². The Morgan fingerprint density at radius 3 is 3.00 bits per heavy atom. The molecule has 0 aliphatic rings. The Balaban J connectivity index is 2.08. The molecule has 0 saturated heterocycles. The number of amides is 1. The van der Waals surface area contributed by atoms with Crippen LogP contribution in [0.2, 0.25) is 5.02 Å². The third-order valence-corrected chi connectivity index (χ3v) is 2.63. The minimum Gasteiger partial charge on any atom is -0.495 e. The largest absolute Gasteiger partial charge is 0.495 e. The molecule has 2 rings (SSSR count). The summed E-state index contributed by atoms with van der Waals surface area (Å²) < 4.78 is 6.59. The number of rotatable bonds is 4. The lowest BCUT2D eigenvalue weighted by atomic mass is 10.3. The number of hydrogen-bond donors (Lipinski definition) is 2. The highest BCUT2D eigenvalue weighted by Crippen LogP contribution is 2.27. The molecule has 7 heteroatoms. The first-order valence-corrected chi connectivity index (χ1v) is 5.87. The fourth-order valence-electron chi connectivity index (χ4n) is 1.58. The number of anilines is 2. The number of aromatic nitrogens is 2. The molecule has 0 atom stereocenters. The summed E-state index contributed by atoms with van der Waals surface area (Å²) in [5, 5.41) is 7.15. The molecular formula is C12H13ClN4O2. The molecule has 3 N–H and O–H groups in total. The van der Waals surface area contributed by atoms with Crippen molar-refractivity contribution in [3.8, 4) is 5.75 Å². The number of ether oxygens (including phenoxy) is 1. The van der Waals surface area contributed by atoms with Gasteiger partial charge in [0, 0.05) is 11.2 Å². The van der Waals surface area contributed by atoms with Gasteiger partial charge < -0.3 is 15.8 Å². The number of methoxy groups -OCH3 is 1. The van der Waals surface area contributed by atoms with Crippen molar-refractivity contribution in [1.29, 1.82) is 0 Å². The van der Waals surface area contributed by atoms with Gasteiger partial charge in [0.1, 0.15) is 12.3 Å². The summed E-state index contributed by atoms with van der Waals surface area (Å²) >= 11 is 5.88. The van der Waals surface area contributed by atoms with E-state index in [2.05, 4.69) is 10.4 Å². The molecule has 0 radical (unpaired) electrons. The van der Waals surface area contributed by atoms with E-state index >= 15 is 0 Å². The molecule has 2 aromatic rings. The van der Waals surface area contributed by atoms with E-state index in [1.54, 1.807) is 24.4 Å². The van der Waals surface area contributed by atoms with Crippen molar-refractivity contribution in [2.75, 3.05) is 18.2 Å². The molecule has 0 aliphatic heterocycles. The fourth-order valence-corrected chi connectivity index (χ4v) is 1.75. The van der Waals surface area contributed by atoms with Gasteiger partial charge in [-0.05, 0) is 18.2 Å². The summed E-state index contributed by atoms with van der Waals surface area (Å²) in [4.78, 5) is 11.9. The van der Waals surface area contributed by atoms with Crippen molar-refractivity contribution in [3.63, 3.8) is 0 Å². The summed E-state index contributed by atoms with van der Waals surface area (Å²) in [5.74, 6) is 0.293. The van der Waals surface area contributed by atoms with E-state index in [0.29, 0.717) is 22.1 Å². The Labute approximate surface area is 115 Å². The van der Waals surface area contributed by atoms with Crippen LogP contribution < -0.4 is 15.8 Å². The zero-order valence-electron chi connectivity index (χ0n) is 10.3. The maximum absolute atomic E-state index is 11.9. The van der Waals surface area contributed by atoms with E-state index < -0.39 is 0 Å². The van der Waals surface area contributed by atoms with Crippen LogP contribution in [-0.4, -0.2) is 22.8 Å². The maximum Gasteiger partial charge on any atom is 0.246 e. The number of nitrogens with zero attached hydrogens (tertiary/aromatic N) is 2. The topological polar surface area (TPSA) is 82.2 Å². The number of halogens is 1. The monoisotopic (exact) mass is 280 g/mol. The normalized spacial score (nSPS) is 10.2.